The van der Waals surface area contributed by atoms with Crippen LogP contribution < -0.4 is 5.32 Å². The summed E-state index contributed by atoms with van der Waals surface area (Å²) in [6, 6.07) is 10.9. The highest BCUT2D eigenvalue weighted by molar-refractivity contribution is 7.99. The van der Waals surface area contributed by atoms with Crippen molar-refractivity contribution in [1.82, 2.24) is 4.98 Å². The molecule has 0 aliphatic rings. The van der Waals surface area contributed by atoms with Crippen LogP contribution in [0, 0.1) is 11.3 Å². The number of carbonyl (C=O) groups excluding carboxylic acids is 2. The normalized spacial score (nSPS) is 11.7. The molecule has 0 saturated heterocycles. The van der Waals surface area contributed by atoms with Crippen molar-refractivity contribution in [3.8, 4) is 6.07 Å². The van der Waals surface area contributed by atoms with Gasteiger partial charge in [-0.2, -0.15) is 5.26 Å². The Morgan fingerprint density at radius 3 is 3.00 bits per heavy atom. The Kier molecular flexibility index (Phi) is 5.55. The predicted octanol–water partition coefficient (Wildman–Crippen LogP) is 3.42. The van der Waals surface area contributed by atoms with Crippen LogP contribution in [0.3, 0.4) is 0 Å². The maximum absolute atomic E-state index is 12.1. The van der Waals surface area contributed by atoms with Crippen molar-refractivity contribution >= 4 is 51.1 Å². The summed E-state index contributed by atoms with van der Waals surface area (Å²) in [6.45, 7) is 1.47. The third kappa shape index (κ3) is 4.22. The lowest BCUT2D eigenvalue weighted by molar-refractivity contribution is -0.150. The molecule has 0 bridgehead atoms. The maximum Gasteiger partial charge on any atom is 0.317 e. The molecular weight excluding hydrogens is 374 g/mol. The maximum atomic E-state index is 12.1. The number of para-hydroxylation sites is 2. The van der Waals surface area contributed by atoms with E-state index in [1.807, 2.05) is 24.3 Å². The van der Waals surface area contributed by atoms with Gasteiger partial charge in [0, 0.05) is 0 Å². The molecule has 0 aliphatic carbocycles. The van der Waals surface area contributed by atoms with E-state index in [2.05, 4.69) is 10.3 Å². The van der Waals surface area contributed by atoms with Gasteiger partial charge in [-0.15, -0.1) is 11.3 Å². The SMILES string of the molecule is C[C@@H](OC(=O)CSc1nc2ccccc2o1)C(=O)Nc1sccc1C#N. The summed E-state index contributed by atoms with van der Waals surface area (Å²) in [6.07, 6.45) is -0.986. The summed E-state index contributed by atoms with van der Waals surface area (Å²) in [5, 5.41) is 14.0. The van der Waals surface area contributed by atoms with Gasteiger partial charge in [-0.25, -0.2) is 4.98 Å². The summed E-state index contributed by atoms with van der Waals surface area (Å²) >= 11 is 2.32. The van der Waals surface area contributed by atoms with E-state index < -0.39 is 18.0 Å². The number of ether oxygens (including phenoxy) is 1. The summed E-state index contributed by atoms with van der Waals surface area (Å²) in [5.41, 5.74) is 1.72. The van der Waals surface area contributed by atoms with Crippen LogP contribution >= 0.6 is 23.1 Å². The zero-order chi connectivity index (χ0) is 18.5. The molecule has 1 atom stereocenters. The number of rotatable bonds is 6. The number of nitrogens with zero attached hydrogens (tertiary/aromatic N) is 2. The number of hydrogen-bond donors (Lipinski definition) is 1. The summed E-state index contributed by atoms with van der Waals surface area (Å²) in [7, 11) is 0. The lowest BCUT2D eigenvalue weighted by atomic mass is 10.3. The van der Waals surface area contributed by atoms with Crippen molar-refractivity contribution in [2.45, 2.75) is 18.3 Å². The minimum absolute atomic E-state index is 0.0348. The topological polar surface area (TPSA) is 105 Å². The lowest BCUT2D eigenvalue weighted by Crippen LogP contribution is -2.30. The van der Waals surface area contributed by atoms with Crippen LogP contribution in [0.1, 0.15) is 12.5 Å². The summed E-state index contributed by atoms with van der Waals surface area (Å²) in [5.74, 6) is -1.09. The first-order chi connectivity index (χ1) is 12.6. The Morgan fingerprint density at radius 2 is 2.23 bits per heavy atom. The number of thiophene rings is 1. The minimum atomic E-state index is -0.986. The van der Waals surface area contributed by atoms with E-state index in [9.17, 15) is 9.59 Å². The molecule has 26 heavy (non-hydrogen) atoms. The van der Waals surface area contributed by atoms with E-state index in [1.165, 1.54) is 18.3 Å². The van der Waals surface area contributed by atoms with Crippen LogP contribution in [0.15, 0.2) is 45.4 Å². The van der Waals surface area contributed by atoms with Crippen LogP contribution in [-0.4, -0.2) is 28.7 Å². The van der Waals surface area contributed by atoms with E-state index in [0.717, 1.165) is 11.8 Å². The first kappa shape index (κ1) is 18.0. The quantitative estimate of drug-likeness (QED) is 0.510. The van der Waals surface area contributed by atoms with Gasteiger partial charge >= 0.3 is 5.97 Å². The molecule has 0 unspecified atom stereocenters. The highest BCUT2D eigenvalue weighted by Crippen LogP contribution is 2.24. The number of nitriles is 1. The number of nitrogens with one attached hydrogen (secondary N) is 1. The number of aromatic nitrogens is 1. The second-order valence-electron chi connectivity index (χ2n) is 5.13. The number of hydrogen-bond acceptors (Lipinski definition) is 8. The predicted molar refractivity (Wildman–Crippen MR) is 98.0 cm³/mol. The standard InChI is InChI=1S/C17H13N3O4S2/c1-10(15(22)20-16-11(8-18)6-7-25-16)23-14(21)9-26-17-19-12-4-2-3-5-13(12)24-17/h2-7,10H,9H2,1H3,(H,20,22)/t10-/m1/s1. The van der Waals surface area contributed by atoms with Crippen molar-refractivity contribution < 1.29 is 18.7 Å². The average molecular weight is 387 g/mol. The van der Waals surface area contributed by atoms with Gasteiger partial charge in [-0.1, -0.05) is 23.9 Å². The van der Waals surface area contributed by atoms with Crippen LogP contribution in [-0.2, 0) is 14.3 Å². The number of oxazole rings is 1. The van der Waals surface area contributed by atoms with E-state index in [-0.39, 0.29) is 5.75 Å². The van der Waals surface area contributed by atoms with Gasteiger partial charge in [-0.05, 0) is 30.5 Å². The first-order valence-corrected chi connectivity index (χ1v) is 9.39. The molecule has 0 fully saturated rings. The highest BCUT2D eigenvalue weighted by Gasteiger charge is 2.20. The van der Waals surface area contributed by atoms with Gasteiger partial charge in [-0.3, -0.25) is 9.59 Å². The summed E-state index contributed by atoms with van der Waals surface area (Å²) < 4.78 is 10.6. The van der Waals surface area contributed by atoms with E-state index in [4.69, 9.17) is 14.4 Å². The van der Waals surface area contributed by atoms with Crippen LogP contribution in [0.5, 0.6) is 0 Å². The Hall–Kier alpha value is -2.83. The summed E-state index contributed by atoms with van der Waals surface area (Å²) in [4.78, 5) is 28.3. The van der Waals surface area contributed by atoms with Gasteiger partial charge in [0.2, 0.25) is 0 Å². The zero-order valence-electron chi connectivity index (χ0n) is 13.6. The zero-order valence-corrected chi connectivity index (χ0v) is 15.2. The molecule has 3 rings (SSSR count). The van der Waals surface area contributed by atoms with Crippen molar-refractivity contribution in [1.29, 1.82) is 5.26 Å². The molecule has 0 spiro atoms. The second-order valence-corrected chi connectivity index (χ2v) is 6.98. The third-order valence-corrected chi connectivity index (χ3v) is 4.92. The third-order valence-electron chi connectivity index (χ3n) is 3.29. The van der Waals surface area contributed by atoms with Gasteiger partial charge in [0.1, 0.15) is 22.3 Å². The molecule has 1 aromatic carbocycles. The highest BCUT2D eigenvalue weighted by atomic mass is 32.2. The molecular formula is C17H13N3O4S2. The van der Waals surface area contributed by atoms with E-state index in [1.54, 1.807) is 17.5 Å². The number of carbonyl (C=O) groups is 2. The van der Waals surface area contributed by atoms with Crippen LogP contribution in [0.2, 0.25) is 0 Å². The molecule has 132 valence electrons. The second kappa shape index (κ2) is 8.03. The molecule has 2 heterocycles. The number of fused-ring (bicyclic) bond motifs is 1. The molecule has 7 nitrogen and oxygen atoms in total. The van der Waals surface area contributed by atoms with Gasteiger partial charge in [0.05, 0.1) is 5.56 Å². The number of esters is 1. The first-order valence-electron chi connectivity index (χ1n) is 7.53. The molecule has 0 saturated carbocycles. The van der Waals surface area contributed by atoms with Crippen LogP contribution in [0.4, 0.5) is 5.00 Å². The Morgan fingerprint density at radius 1 is 1.42 bits per heavy atom. The fraction of sp³-hybridized carbons (Fsp3) is 0.176. The largest absolute Gasteiger partial charge is 0.452 e. The number of benzene rings is 1. The van der Waals surface area contributed by atoms with Gasteiger partial charge in [0.25, 0.3) is 11.1 Å². The average Bonchev–Trinajstić information content (AvgIpc) is 3.25. The fourth-order valence-corrected chi connectivity index (χ4v) is 3.39. The van der Waals surface area contributed by atoms with E-state index >= 15 is 0 Å². The number of amides is 1. The van der Waals surface area contributed by atoms with E-state index in [0.29, 0.717) is 26.9 Å². The van der Waals surface area contributed by atoms with Gasteiger partial charge in [0.15, 0.2) is 11.7 Å². The molecule has 3 aromatic rings. The number of thioether (sulfide) groups is 1. The Balaban J connectivity index is 1.50. The Bertz CT molecular complexity index is 956. The lowest BCUT2D eigenvalue weighted by Gasteiger charge is -2.12. The van der Waals surface area contributed by atoms with Crippen molar-refractivity contribution in [2.75, 3.05) is 11.1 Å². The van der Waals surface area contributed by atoms with Crippen molar-refractivity contribution in [3.63, 3.8) is 0 Å². The fourth-order valence-electron chi connectivity index (χ4n) is 2.03. The minimum Gasteiger partial charge on any atom is -0.452 e. The molecule has 9 heteroatoms. The van der Waals surface area contributed by atoms with Crippen LogP contribution in [0.25, 0.3) is 11.1 Å². The molecule has 2 aromatic heterocycles. The molecule has 0 radical (unpaired) electrons. The molecule has 1 N–H and O–H groups in total. The monoisotopic (exact) mass is 387 g/mol. The molecule has 0 aliphatic heterocycles. The Labute approximate surface area is 157 Å². The number of anilines is 1. The van der Waals surface area contributed by atoms with Gasteiger partial charge < -0.3 is 14.5 Å². The smallest absolute Gasteiger partial charge is 0.317 e. The van der Waals surface area contributed by atoms with Crippen molar-refractivity contribution in [3.05, 3.63) is 41.3 Å². The van der Waals surface area contributed by atoms with Crippen molar-refractivity contribution in [2.24, 2.45) is 0 Å². The molecule has 1 amide bonds.